The first-order valence-electron chi connectivity index (χ1n) is 5.45. The monoisotopic (exact) mass is 237 g/mol. The van der Waals surface area contributed by atoms with Gasteiger partial charge in [0.05, 0.1) is 6.04 Å². The second-order valence-corrected chi connectivity index (χ2v) is 3.89. The Labute approximate surface area is 102 Å². The van der Waals surface area contributed by atoms with Crippen molar-refractivity contribution in [2.24, 2.45) is 0 Å². The molecule has 0 bridgehead atoms. The maximum Gasteiger partial charge on any atom is 0.134 e. The van der Waals surface area contributed by atoms with Crippen LogP contribution in [0.2, 0.25) is 5.15 Å². The van der Waals surface area contributed by atoms with E-state index in [1.807, 2.05) is 6.92 Å². The summed E-state index contributed by atoms with van der Waals surface area (Å²) in [5, 5.41) is 3.62. The molecule has 0 amide bonds. The van der Waals surface area contributed by atoms with Gasteiger partial charge in [-0.25, -0.2) is 9.97 Å². The van der Waals surface area contributed by atoms with E-state index in [-0.39, 0.29) is 6.04 Å². The van der Waals surface area contributed by atoms with E-state index in [0.29, 0.717) is 11.0 Å². The molecule has 0 radical (unpaired) electrons. The van der Waals surface area contributed by atoms with Crippen molar-refractivity contribution in [2.75, 3.05) is 5.32 Å². The number of aryl methyl sites for hydroxylation is 1. The largest absolute Gasteiger partial charge is 0.356 e. The first-order valence-corrected chi connectivity index (χ1v) is 5.83. The van der Waals surface area contributed by atoms with Crippen LogP contribution in [-0.4, -0.2) is 16.0 Å². The van der Waals surface area contributed by atoms with Crippen LogP contribution in [0.3, 0.4) is 0 Å². The summed E-state index contributed by atoms with van der Waals surface area (Å²) in [4.78, 5) is 8.41. The zero-order valence-corrected chi connectivity index (χ0v) is 10.4. The average Bonchev–Trinajstić information content (AvgIpc) is 2.27. The van der Waals surface area contributed by atoms with Crippen molar-refractivity contribution < 1.29 is 0 Å². The topological polar surface area (TPSA) is 37.8 Å². The van der Waals surface area contributed by atoms with Crippen LogP contribution >= 0.6 is 11.6 Å². The van der Waals surface area contributed by atoms with Crippen molar-refractivity contribution in [1.29, 1.82) is 0 Å². The Bertz CT molecular complexity index is 384. The van der Waals surface area contributed by atoms with Crippen LogP contribution < -0.4 is 5.32 Å². The molecule has 1 N–H and O–H groups in total. The van der Waals surface area contributed by atoms with E-state index < -0.39 is 0 Å². The number of aromatic nitrogens is 2. The zero-order chi connectivity index (χ0) is 12.0. The standard InChI is InChI=1S/C12H16ClN3/c1-4-7-9(5-2)14-12-8-10(13)15-11(6-3)16-12/h2,8-9H,4,6-7H2,1,3H3,(H,14,15,16). The Morgan fingerprint density at radius 2 is 2.25 bits per heavy atom. The van der Waals surface area contributed by atoms with E-state index in [0.717, 1.165) is 25.1 Å². The van der Waals surface area contributed by atoms with Crippen LogP contribution in [0.5, 0.6) is 0 Å². The van der Waals surface area contributed by atoms with Gasteiger partial charge in [-0.15, -0.1) is 6.42 Å². The lowest BCUT2D eigenvalue weighted by molar-refractivity contribution is 0.750. The minimum atomic E-state index is 0.000623. The molecule has 0 aliphatic heterocycles. The number of nitrogens with one attached hydrogen (secondary N) is 1. The number of anilines is 1. The third kappa shape index (κ3) is 3.71. The van der Waals surface area contributed by atoms with Crippen molar-refractivity contribution >= 4 is 17.4 Å². The molecular weight excluding hydrogens is 222 g/mol. The predicted molar refractivity (Wildman–Crippen MR) is 67.6 cm³/mol. The molecule has 86 valence electrons. The maximum absolute atomic E-state index is 5.89. The van der Waals surface area contributed by atoms with Gasteiger partial charge in [0.25, 0.3) is 0 Å². The molecule has 1 aromatic rings. The summed E-state index contributed by atoms with van der Waals surface area (Å²) in [6, 6.07) is 1.70. The second-order valence-electron chi connectivity index (χ2n) is 3.50. The summed E-state index contributed by atoms with van der Waals surface area (Å²) in [6.07, 6.45) is 8.13. The van der Waals surface area contributed by atoms with Crippen molar-refractivity contribution in [3.8, 4) is 12.3 Å². The van der Waals surface area contributed by atoms with Gasteiger partial charge in [0.15, 0.2) is 0 Å². The Balaban J connectivity index is 2.80. The molecule has 1 rings (SSSR count). The second kappa shape index (κ2) is 6.34. The summed E-state index contributed by atoms with van der Waals surface area (Å²) in [6.45, 7) is 4.08. The first-order chi connectivity index (χ1) is 7.69. The molecule has 1 unspecified atom stereocenters. The molecule has 16 heavy (non-hydrogen) atoms. The molecule has 0 aliphatic carbocycles. The number of rotatable bonds is 5. The number of hydrogen-bond donors (Lipinski definition) is 1. The average molecular weight is 238 g/mol. The van der Waals surface area contributed by atoms with Gasteiger partial charge in [-0.1, -0.05) is 37.8 Å². The van der Waals surface area contributed by atoms with Crippen LogP contribution in [0.15, 0.2) is 6.07 Å². The third-order valence-corrected chi connectivity index (χ3v) is 2.35. The van der Waals surface area contributed by atoms with E-state index >= 15 is 0 Å². The fourth-order valence-corrected chi connectivity index (χ4v) is 1.56. The Kier molecular flexibility index (Phi) is 5.07. The lowest BCUT2D eigenvalue weighted by atomic mass is 10.2. The molecule has 0 saturated carbocycles. The highest BCUT2D eigenvalue weighted by Crippen LogP contribution is 2.13. The normalized spacial score (nSPS) is 11.9. The van der Waals surface area contributed by atoms with Crippen LogP contribution in [0.1, 0.15) is 32.5 Å². The number of nitrogens with zero attached hydrogens (tertiary/aromatic N) is 2. The molecule has 0 spiro atoms. The van der Waals surface area contributed by atoms with Gasteiger partial charge in [-0.05, 0) is 6.42 Å². The van der Waals surface area contributed by atoms with Crippen LogP contribution in [0.25, 0.3) is 0 Å². The molecule has 1 aromatic heterocycles. The minimum Gasteiger partial charge on any atom is -0.356 e. The van der Waals surface area contributed by atoms with Gasteiger partial charge < -0.3 is 5.32 Å². The number of terminal acetylenes is 1. The van der Waals surface area contributed by atoms with E-state index in [2.05, 4.69) is 28.1 Å². The molecule has 0 fully saturated rings. The van der Waals surface area contributed by atoms with E-state index in [9.17, 15) is 0 Å². The molecule has 1 atom stereocenters. The lowest BCUT2D eigenvalue weighted by Crippen LogP contribution is -2.18. The van der Waals surface area contributed by atoms with Crippen molar-refractivity contribution in [2.45, 2.75) is 39.2 Å². The molecular formula is C12H16ClN3. The van der Waals surface area contributed by atoms with Gasteiger partial charge in [-0.2, -0.15) is 0 Å². The van der Waals surface area contributed by atoms with Crippen LogP contribution in [0.4, 0.5) is 5.82 Å². The lowest BCUT2D eigenvalue weighted by Gasteiger charge is -2.13. The van der Waals surface area contributed by atoms with E-state index in [1.54, 1.807) is 6.07 Å². The van der Waals surface area contributed by atoms with Gasteiger partial charge in [0.1, 0.15) is 16.8 Å². The Hall–Kier alpha value is -1.27. The quantitative estimate of drug-likeness (QED) is 0.632. The summed E-state index contributed by atoms with van der Waals surface area (Å²) in [7, 11) is 0. The molecule has 0 aromatic carbocycles. The van der Waals surface area contributed by atoms with Crippen molar-refractivity contribution in [1.82, 2.24) is 9.97 Å². The van der Waals surface area contributed by atoms with E-state index in [4.69, 9.17) is 18.0 Å². The van der Waals surface area contributed by atoms with Crippen LogP contribution in [0, 0.1) is 12.3 Å². The summed E-state index contributed by atoms with van der Waals surface area (Å²) < 4.78 is 0. The SMILES string of the molecule is C#CC(CCC)Nc1cc(Cl)nc(CC)n1. The first kappa shape index (κ1) is 12.8. The van der Waals surface area contributed by atoms with Crippen molar-refractivity contribution in [3.63, 3.8) is 0 Å². The number of hydrogen-bond acceptors (Lipinski definition) is 3. The predicted octanol–water partition coefficient (Wildman–Crippen LogP) is 2.91. The van der Waals surface area contributed by atoms with Crippen molar-refractivity contribution in [3.05, 3.63) is 17.0 Å². The molecule has 4 heteroatoms. The molecule has 1 heterocycles. The van der Waals surface area contributed by atoms with Gasteiger partial charge in [0.2, 0.25) is 0 Å². The molecule has 3 nitrogen and oxygen atoms in total. The highest BCUT2D eigenvalue weighted by atomic mass is 35.5. The molecule has 0 aliphatic rings. The van der Waals surface area contributed by atoms with Crippen LogP contribution in [-0.2, 0) is 6.42 Å². The third-order valence-electron chi connectivity index (χ3n) is 2.16. The van der Waals surface area contributed by atoms with E-state index in [1.165, 1.54) is 0 Å². The smallest absolute Gasteiger partial charge is 0.134 e. The van der Waals surface area contributed by atoms with Gasteiger partial charge in [-0.3, -0.25) is 0 Å². The van der Waals surface area contributed by atoms with Gasteiger partial charge >= 0.3 is 0 Å². The summed E-state index contributed by atoms with van der Waals surface area (Å²) in [5.41, 5.74) is 0. The Morgan fingerprint density at radius 3 is 2.81 bits per heavy atom. The summed E-state index contributed by atoms with van der Waals surface area (Å²) in [5.74, 6) is 4.12. The highest BCUT2D eigenvalue weighted by Gasteiger charge is 2.06. The molecule has 0 saturated heterocycles. The fourth-order valence-electron chi connectivity index (χ4n) is 1.36. The number of halogens is 1. The van der Waals surface area contributed by atoms with Gasteiger partial charge in [0, 0.05) is 12.5 Å². The highest BCUT2D eigenvalue weighted by molar-refractivity contribution is 6.29. The fraction of sp³-hybridized carbons (Fsp3) is 0.500. The maximum atomic E-state index is 5.89. The summed E-state index contributed by atoms with van der Waals surface area (Å²) >= 11 is 5.89. The minimum absolute atomic E-state index is 0.000623. The zero-order valence-electron chi connectivity index (χ0n) is 9.63. The Morgan fingerprint density at radius 1 is 1.50 bits per heavy atom.